The number of nitrogens with zero attached hydrogens (tertiary/aromatic N) is 3. The lowest BCUT2D eigenvalue weighted by molar-refractivity contribution is -0.132. The number of amides is 7. The summed E-state index contributed by atoms with van der Waals surface area (Å²) < 4.78 is 0. The van der Waals surface area contributed by atoms with Gasteiger partial charge in [-0.3, -0.25) is 34.3 Å². The summed E-state index contributed by atoms with van der Waals surface area (Å²) in [5.74, 6) is 2.60. The van der Waals surface area contributed by atoms with Gasteiger partial charge in [-0.1, -0.05) is 78.6 Å². The van der Waals surface area contributed by atoms with Gasteiger partial charge in [0.2, 0.25) is 23.6 Å². The highest BCUT2D eigenvalue weighted by molar-refractivity contribution is 5.96. The number of nitrogens with two attached hydrogens (primary N) is 2. The van der Waals surface area contributed by atoms with E-state index in [-0.39, 0.29) is 38.6 Å². The first-order valence-electron chi connectivity index (χ1n) is 22.5. The summed E-state index contributed by atoms with van der Waals surface area (Å²) in [5, 5.41) is 13.8. The normalized spacial score (nSPS) is 18.9. The average molecular weight is 924 g/mol. The Morgan fingerprint density at radius 3 is 2.12 bits per heavy atom. The fourth-order valence-electron chi connectivity index (χ4n) is 8.09. The van der Waals surface area contributed by atoms with Gasteiger partial charge in [-0.2, -0.15) is 0 Å². The van der Waals surface area contributed by atoms with Crippen molar-refractivity contribution in [2.75, 3.05) is 26.7 Å². The number of carbonyl (C=O) groups excluding carboxylic acids is 6. The molecular weight excluding hydrogens is 867 g/mol. The summed E-state index contributed by atoms with van der Waals surface area (Å²) >= 11 is 0. The van der Waals surface area contributed by atoms with Gasteiger partial charge >= 0.3 is 6.03 Å². The lowest BCUT2D eigenvalue weighted by Crippen LogP contribution is -2.61. The Bertz CT molecular complexity index is 2760. The van der Waals surface area contributed by atoms with Gasteiger partial charge in [0.05, 0.1) is 18.9 Å². The highest BCUT2D eigenvalue weighted by Gasteiger charge is 2.33. The van der Waals surface area contributed by atoms with Crippen molar-refractivity contribution in [1.82, 2.24) is 56.5 Å². The predicted molar refractivity (Wildman–Crippen MR) is 256 cm³/mol. The van der Waals surface area contributed by atoms with Gasteiger partial charge in [0.1, 0.15) is 30.7 Å². The van der Waals surface area contributed by atoms with Crippen LogP contribution in [0.4, 0.5) is 4.79 Å². The van der Waals surface area contributed by atoms with E-state index in [0.717, 1.165) is 37.9 Å². The molecule has 0 unspecified atom stereocenters. The Balaban J connectivity index is 1.21. The molecule has 0 saturated carbocycles. The largest absolute Gasteiger partial charge is 0.368 e. The molecular formula is C49H57N13O6. The van der Waals surface area contributed by atoms with Gasteiger partial charge in [-0.25, -0.2) is 14.8 Å². The molecule has 354 valence electrons. The van der Waals surface area contributed by atoms with Gasteiger partial charge < -0.3 is 47.7 Å². The van der Waals surface area contributed by atoms with Crippen molar-refractivity contribution >= 4 is 57.4 Å². The summed E-state index contributed by atoms with van der Waals surface area (Å²) in [5.41, 5.74) is 19.2. The third-order valence-corrected chi connectivity index (χ3v) is 11.8. The first-order valence-corrected chi connectivity index (χ1v) is 22.5. The van der Waals surface area contributed by atoms with Crippen molar-refractivity contribution in [2.45, 2.75) is 75.2 Å². The van der Waals surface area contributed by atoms with Crippen molar-refractivity contribution in [3.05, 3.63) is 126 Å². The van der Waals surface area contributed by atoms with Crippen LogP contribution in [0.5, 0.6) is 0 Å². The number of aromatic nitrogens is 4. The topological polar surface area (TPSA) is 281 Å². The third kappa shape index (κ3) is 12.9. The van der Waals surface area contributed by atoms with Crippen LogP contribution in [0.1, 0.15) is 41.6 Å². The second-order valence-corrected chi connectivity index (χ2v) is 16.9. The minimum atomic E-state index is -1.33. The lowest BCUT2D eigenvalue weighted by Gasteiger charge is -2.28. The van der Waals surface area contributed by atoms with Crippen LogP contribution >= 0.6 is 0 Å². The molecule has 1 aliphatic heterocycles. The molecule has 0 spiro atoms. The number of hydrogen-bond acceptors (Lipinski definition) is 9. The van der Waals surface area contributed by atoms with Crippen LogP contribution in [0, 0.1) is 11.8 Å². The number of H-pyrrole nitrogens is 3. The molecule has 4 heterocycles. The number of hydrogen-bond donors (Lipinski definition) is 10. The summed E-state index contributed by atoms with van der Waals surface area (Å²) in [6.07, 6.45) is 8.13. The monoisotopic (exact) mass is 923 g/mol. The molecule has 19 heteroatoms. The molecule has 12 N–H and O–H groups in total. The molecule has 19 nitrogen and oxygen atoms in total. The van der Waals surface area contributed by atoms with E-state index in [9.17, 15) is 28.8 Å². The number of rotatable bonds is 13. The summed E-state index contributed by atoms with van der Waals surface area (Å²) in [6.45, 7) is 0.563. The van der Waals surface area contributed by atoms with E-state index in [1.807, 2.05) is 78.7 Å². The number of nitrogens with one attached hydrogen (secondary N) is 8. The average Bonchev–Trinajstić information content (AvgIpc) is 4.11. The van der Waals surface area contributed by atoms with E-state index in [1.54, 1.807) is 30.7 Å². The molecule has 3 aromatic carbocycles. The van der Waals surface area contributed by atoms with Gasteiger partial charge in [-0.05, 0) is 61.7 Å². The minimum absolute atomic E-state index is 0.0113. The van der Waals surface area contributed by atoms with Crippen LogP contribution in [0.25, 0.3) is 21.8 Å². The zero-order valence-electron chi connectivity index (χ0n) is 37.7. The number of aromatic amines is 3. The van der Waals surface area contributed by atoms with Gasteiger partial charge in [0.15, 0.2) is 0 Å². The number of primary amides is 1. The first kappa shape index (κ1) is 48.0. The zero-order chi connectivity index (χ0) is 48.0. The highest BCUT2D eigenvalue weighted by Crippen LogP contribution is 2.21. The van der Waals surface area contributed by atoms with Crippen molar-refractivity contribution in [3.63, 3.8) is 0 Å². The van der Waals surface area contributed by atoms with E-state index in [0.29, 0.717) is 37.2 Å². The number of fused-ring (bicyclic) bond motifs is 2. The maximum atomic E-state index is 14.7. The fraction of sp³-hybridized carbons (Fsp3) is 0.327. The van der Waals surface area contributed by atoms with E-state index in [1.165, 1.54) is 6.33 Å². The Hall–Kier alpha value is -7.95. The van der Waals surface area contributed by atoms with Crippen LogP contribution in [0.15, 0.2) is 104 Å². The molecule has 6 aromatic rings. The molecule has 7 rings (SSSR count). The van der Waals surface area contributed by atoms with Crippen molar-refractivity contribution < 1.29 is 28.8 Å². The van der Waals surface area contributed by atoms with Crippen LogP contribution in [0.3, 0.4) is 0 Å². The van der Waals surface area contributed by atoms with Crippen LogP contribution in [-0.4, -0.2) is 122 Å². The molecule has 0 radical (unpaired) electrons. The molecule has 0 saturated heterocycles. The number of imidazole rings is 1. The standard InChI is InChI=1S/C49H57N13O6/c1-61-20-10-9-19-40(44(51)63)56-46(65)41(23-31-13-3-2-4-14-31)58-47(66)42(24-32-27-53-38-17-7-5-15-35(32)38)59-49(68)62(22-12-11-21-61)60-48(67)43(25-33-28-54-39-18-8-6-16-36(33)39)57-45(64)37(50)26-34-29-52-30-55-34/h2-8,13-18,27-30,37,40-43,53-54H,9-10,19-26,50H2,1H3,(H2,51,63)(H,52,55)(H,56,65)(H,57,64)(H,58,66)(H,59,68)(H,60,67)/t37-,40-,41+,42-,43+/m0/s1. The van der Waals surface area contributed by atoms with Gasteiger partial charge in [-0.15, -0.1) is 0 Å². The van der Waals surface area contributed by atoms with Gasteiger partial charge in [0, 0.05) is 71.8 Å². The van der Waals surface area contributed by atoms with E-state index in [2.05, 4.69) is 58.5 Å². The molecule has 0 bridgehead atoms. The maximum absolute atomic E-state index is 14.7. The summed E-state index contributed by atoms with van der Waals surface area (Å²) in [4.78, 5) is 99.6. The number of hydrazine groups is 1. The van der Waals surface area contributed by atoms with Gasteiger partial charge in [0.25, 0.3) is 5.91 Å². The van der Waals surface area contributed by atoms with Crippen molar-refractivity contribution in [2.24, 2.45) is 11.5 Å². The number of benzene rings is 3. The second-order valence-electron chi connectivity index (χ2n) is 16.9. The predicted octanol–water partition coefficient (Wildman–Crippen LogP) is 1.44. The summed E-state index contributed by atoms with van der Waals surface area (Å²) in [6, 6.07) is 17.3. The Labute approximate surface area is 392 Å². The zero-order valence-corrected chi connectivity index (χ0v) is 37.7. The fourth-order valence-corrected chi connectivity index (χ4v) is 8.09. The van der Waals surface area contributed by atoms with Crippen LogP contribution in [-0.2, 0) is 49.7 Å². The Morgan fingerprint density at radius 1 is 0.765 bits per heavy atom. The van der Waals surface area contributed by atoms with Crippen molar-refractivity contribution in [1.29, 1.82) is 0 Å². The minimum Gasteiger partial charge on any atom is -0.368 e. The SMILES string of the molecule is CN1CC#CCN(NC(=O)[C@@H](Cc2c[nH]c3ccccc23)NC(=O)[C@@H](N)Cc2cnc[nH]2)C(=O)N[C@@H](Cc2c[nH]c3ccccc23)C(=O)N[C@H](Cc2ccccc2)C(=O)N[C@H](C(N)=O)CCCC1. The van der Waals surface area contributed by atoms with E-state index < -0.39 is 65.8 Å². The molecule has 0 aliphatic carbocycles. The number of carbonyl (C=O) groups is 6. The van der Waals surface area contributed by atoms with E-state index in [4.69, 9.17) is 11.5 Å². The smallest absolute Gasteiger partial charge is 0.337 e. The third-order valence-electron chi connectivity index (χ3n) is 11.8. The number of urea groups is 1. The molecule has 3 aromatic heterocycles. The Kier molecular flexibility index (Phi) is 16.2. The maximum Gasteiger partial charge on any atom is 0.337 e. The highest BCUT2D eigenvalue weighted by atomic mass is 16.2. The molecule has 1 aliphatic rings. The summed E-state index contributed by atoms with van der Waals surface area (Å²) in [7, 11) is 1.87. The molecule has 68 heavy (non-hydrogen) atoms. The van der Waals surface area contributed by atoms with Crippen LogP contribution < -0.4 is 38.2 Å². The first-order chi connectivity index (χ1) is 32.9. The Morgan fingerprint density at radius 2 is 1.41 bits per heavy atom. The molecule has 7 amide bonds. The van der Waals surface area contributed by atoms with Crippen LogP contribution in [0.2, 0.25) is 0 Å². The second kappa shape index (κ2) is 23.0. The van der Waals surface area contributed by atoms with E-state index >= 15 is 0 Å². The molecule has 0 fully saturated rings. The quantitative estimate of drug-likeness (QED) is 0.0750. The number of para-hydroxylation sites is 2. The molecule has 5 atom stereocenters. The lowest BCUT2D eigenvalue weighted by atomic mass is 10.0. The van der Waals surface area contributed by atoms with Crippen molar-refractivity contribution in [3.8, 4) is 11.8 Å².